The number of benzene rings is 1. The molecule has 21 heavy (non-hydrogen) atoms. The maximum atomic E-state index is 12.3. The summed E-state index contributed by atoms with van der Waals surface area (Å²) in [6, 6.07) is 4.99. The molecule has 0 saturated carbocycles. The van der Waals surface area contributed by atoms with Crippen LogP contribution in [-0.2, 0) is 10.0 Å². The minimum Gasteiger partial charge on any atom is -0.384 e. The number of aliphatic hydroxyl groups excluding tert-OH is 1. The monoisotopic (exact) mass is 310 g/mol. The van der Waals surface area contributed by atoms with Gasteiger partial charge in [-0.2, -0.15) is 0 Å². The van der Waals surface area contributed by atoms with Gasteiger partial charge in [-0.05, 0) is 51.7 Å². The molecule has 0 aliphatic rings. The number of hydrogen-bond acceptors (Lipinski definition) is 4. The molecule has 0 unspecified atom stereocenters. The van der Waals surface area contributed by atoms with Crippen molar-refractivity contribution in [1.82, 2.24) is 9.62 Å². The highest BCUT2D eigenvalue weighted by Crippen LogP contribution is 2.16. The van der Waals surface area contributed by atoms with Gasteiger partial charge >= 0.3 is 0 Å². The van der Waals surface area contributed by atoms with Crippen LogP contribution in [0.3, 0.4) is 0 Å². The number of aryl methyl sites for hydroxylation is 1. The standard InChI is InChI=1S/C15H22N2O3S/c1-13-7-8-15(14(12-13)6-4-11-18)21(19,20)16-9-5-10-17(2)3/h7-8,12,16,18H,5,9-11H2,1-3H3. The van der Waals surface area contributed by atoms with E-state index in [0.717, 1.165) is 18.5 Å². The van der Waals surface area contributed by atoms with E-state index in [-0.39, 0.29) is 11.5 Å². The van der Waals surface area contributed by atoms with Crippen LogP contribution in [-0.4, -0.2) is 52.2 Å². The topological polar surface area (TPSA) is 69.6 Å². The van der Waals surface area contributed by atoms with E-state index in [1.54, 1.807) is 18.2 Å². The van der Waals surface area contributed by atoms with Crippen molar-refractivity contribution in [3.05, 3.63) is 29.3 Å². The fraction of sp³-hybridized carbons (Fsp3) is 0.467. The first-order chi connectivity index (χ1) is 9.86. The first kappa shape index (κ1) is 17.7. The molecule has 0 radical (unpaired) electrons. The van der Waals surface area contributed by atoms with Crippen molar-refractivity contribution in [2.45, 2.75) is 18.2 Å². The predicted molar refractivity (Wildman–Crippen MR) is 83.5 cm³/mol. The normalized spacial score (nSPS) is 11.3. The molecule has 0 saturated heterocycles. The van der Waals surface area contributed by atoms with E-state index in [1.165, 1.54) is 0 Å². The van der Waals surface area contributed by atoms with Crippen LogP contribution in [0.1, 0.15) is 17.5 Å². The summed E-state index contributed by atoms with van der Waals surface area (Å²) in [4.78, 5) is 2.15. The number of aliphatic hydroxyl groups is 1. The van der Waals surface area contributed by atoms with Gasteiger partial charge in [0.1, 0.15) is 6.61 Å². The van der Waals surface area contributed by atoms with Crippen LogP contribution in [0.4, 0.5) is 0 Å². The Hall–Kier alpha value is -1.39. The second-order valence-electron chi connectivity index (χ2n) is 5.01. The number of nitrogens with zero attached hydrogens (tertiary/aromatic N) is 1. The molecule has 2 N–H and O–H groups in total. The lowest BCUT2D eigenvalue weighted by molar-refractivity contribution is 0.350. The highest BCUT2D eigenvalue weighted by atomic mass is 32.2. The van der Waals surface area contributed by atoms with Gasteiger partial charge in [-0.1, -0.05) is 17.9 Å². The van der Waals surface area contributed by atoms with Gasteiger partial charge in [-0.15, -0.1) is 0 Å². The van der Waals surface area contributed by atoms with E-state index in [0.29, 0.717) is 12.1 Å². The minimum absolute atomic E-state index is 0.152. The van der Waals surface area contributed by atoms with E-state index in [1.807, 2.05) is 25.9 Å². The van der Waals surface area contributed by atoms with Crippen LogP contribution in [0.25, 0.3) is 0 Å². The van der Waals surface area contributed by atoms with Crippen LogP contribution in [0.15, 0.2) is 23.1 Å². The van der Waals surface area contributed by atoms with Gasteiger partial charge in [0.2, 0.25) is 10.0 Å². The summed E-state index contributed by atoms with van der Waals surface area (Å²) < 4.78 is 27.2. The third-order valence-corrected chi connectivity index (χ3v) is 4.32. The lowest BCUT2D eigenvalue weighted by Crippen LogP contribution is -2.27. The first-order valence-electron chi connectivity index (χ1n) is 6.71. The zero-order valence-corrected chi connectivity index (χ0v) is 13.5. The van der Waals surface area contributed by atoms with E-state index in [9.17, 15) is 8.42 Å². The molecule has 6 heteroatoms. The van der Waals surface area contributed by atoms with Crippen LogP contribution in [0.5, 0.6) is 0 Å². The number of sulfonamides is 1. The summed E-state index contributed by atoms with van der Waals surface area (Å²) in [5.74, 6) is 5.18. The SMILES string of the molecule is Cc1ccc(S(=O)(=O)NCCCN(C)C)c(C#CCO)c1. The molecule has 0 bridgehead atoms. The Labute approximate surface area is 127 Å². The molecule has 0 heterocycles. The van der Waals surface area contributed by atoms with Gasteiger partial charge in [0.25, 0.3) is 0 Å². The average molecular weight is 310 g/mol. The van der Waals surface area contributed by atoms with Crippen LogP contribution >= 0.6 is 0 Å². The van der Waals surface area contributed by atoms with Crippen LogP contribution in [0, 0.1) is 18.8 Å². The fourth-order valence-corrected chi connectivity index (χ4v) is 3.01. The van der Waals surface area contributed by atoms with E-state index in [2.05, 4.69) is 16.6 Å². The molecule has 0 spiro atoms. The van der Waals surface area contributed by atoms with Crippen molar-refractivity contribution in [2.24, 2.45) is 0 Å². The molecule has 1 aromatic rings. The zero-order valence-electron chi connectivity index (χ0n) is 12.7. The summed E-state index contributed by atoms with van der Waals surface area (Å²) in [6.07, 6.45) is 0.732. The number of nitrogens with one attached hydrogen (secondary N) is 1. The van der Waals surface area contributed by atoms with Crippen LogP contribution < -0.4 is 4.72 Å². The van der Waals surface area contributed by atoms with Crippen molar-refractivity contribution in [3.63, 3.8) is 0 Å². The molecule has 0 aromatic heterocycles. The smallest absolute Gasteiger partial charge is 0.241 e. The van der Waals surface area contributed by atoms with E-state index >= 15 is 0 Å². The van der Waals surface area contributed by atoms with Crippen molar-refractivity contribution in [3.8, 4) is 11.8 Å². The van der Waals surface area contributed by atoms with Gasteiger partial charge < -0.3 is 10.0 Å². The van der Waals surface area contributed by atoms with Crippen LogP contribution in [0.2, 0.25) is 0 Å². The summed E-state index contributed by atoms with van der Waals surface area (Å²) in [5, 5.41) is 8.77. The predicted octanol–water partition coefficient (Wildman–Crippen LogP) is 0.569. The zero-order chi connectivity index (χ0) is 15.9. The molecule has 5 nitrogen and oxygen atoms in total. The van der Waals surface area contributed by atoms with E-state index in [4.69, 9.17) is 5.11 Å². The van der Waals surface area contributed by atoms with Gasteiger partial charge in [0, 0.05) is 12.1 Å². The maximum absolute atomic E-state index is 12.3. The average Bonchev–Trinajstić information content (AvgIpc) is 2.41. The Morgan fingerprint density at radius 2 is 2.05 bits per heavy atom. The Bertz CT molecular complexity index is 628. The molecule has 0 fully saturated rings. The highest BCUT2D eigenvalue weighted by molar-refractivity contribution is 7.89. The highest BCUT2D eigenvalue weighted by Gasteiger charge is 2.17. The van der Waals surface area contributed by atoms with Crippen molar-refractivity contribution in [2.75, 3.05) is 33.8 Å². The molecule has 0 amide bonds. The first-order valence-corrected chi connectivity index (χ1v) is 8.20. The Kier molecular flexibility index (Phi) is 6.85. The lowest BCUT2D eigenvalue weighted by atomic mass is 10.1. The molecule has 1 rings (SSSR count). The third kappa shape index (κ3) is 5.86. The maximum Gasteiger partial charge on any atom is 0.241 e. The second-order valence-corrected chi connectivity index (χ2v) is 6.75. The van der Waals surface area contributed by atoms with Gasteiger partial charge in [-0.3, -0.25) is 0 Å². The number of rotatable bonds is 6. The largest absolute Gasteiger partial charge is 0.384 e. The molecule has 116 valence electrons. The summed E-state index contributed by atoms with van der Waals surface area (Å²) in [5.41, 5.74) is 1.33. The Balaban J connectivity index is 2.92. The second kappa shape index (κ2) is 8.15. The summed E-state index contributed by atoms with van der Waals surface area (Å²) >= 11 is 0. The van der Waals surface area contributed by atoms with Crippen molar-refractivity contribution >= 4 is 10.0 Å². The van der Waals surface area contributed by atoms with Gasteiger partial charge in [0.05, 0.1) is 4.90 Å². The van der Waals surface area contributed by atoms with Crippen molar-refractivity contribution < 1.29 is 13.5 Å². The fourth-order valence-electron chi connectivity index (χ4n) is 1.79. The third-order valence-electron chi connectivity index (χ3n) is 2.80. The molecule has 0 aliphatic heterocycles. The summed E-state index contributed by atoms with van der Waals surface area (Å²) in [7, 11) is 0.294. The molecule has 0 aliphatic carbocycles. The van der Waals surface area contributed by atoms with Gasteiger partial charge in [-0.25, -0.2) is 13.1 Å². The quantitative estimate of drug-likeness (QED) is 0.595. The Morgan fingerprint density at radius 1 is 1.33 bits per heavy atom. The van der Waals surface area contributed by atoms with Gasteiger partial charge in [0.15, 0.2) is 0 Å². The number of hydrogen-bond donors (Lipinski definition) is 2. The van der Waals surface area contributed by atoms with E-state index < -0.39 is 10.0 Å². The van der Waals surface area contributed by atoms with Crippen molar-refractivity contribution in [1.29, 1.82) is 0 Å². The molecule has 1 aromatic carbocycles. The lowest BCUT2D eigenvalue weighted by Gasteiger charge is -2.11. The molecular formula is C15H22N2O3S. The minimum atomic E-state index is -3.59. The Morgan fingerprint density at radius 3 is 2.67 bits per heavy atom. The molecular weight excluding hydrogens is 288 g/mol. The summed E-state index contributed by atoms with van der Waals surface area (Å²) in [6.45, 7) is 2.75. The molecule has 0 atom stereocenters.